The number of non-ortho nitro benzene ring substituents is 1. The number of methoxy groups -OCH3 is 2. The lowest BCUT2D eigenvalue weighted by molar-refractivity contribution is -0.385. The Morgan fingerprint density at radius 3 is 2.58 bits per heavy atom. The van der Waals surface area contributed by atoms with Crippen LogP contribution in [0.2, 0.25) is 5.02 Å². The zero-order valence-electron chi connectivity index (χ0n) is 15.2. The molecule has 1 aliphatic rings. The van der Waals surface area contributed by atoms with Crippen LogP contribution in [0.25, 0.3) is 0 Å². The van der Waals surface area contributed by atoms with Gasteiger partial charge in [0.25, 0.3) is 5.69 Å². The van der Waals surface area contributed by atoms with Crippen molar-refractivity contribution in [2.75, 3.05) is 20.8 Å². The summed E-state index contributed by atoms with van der Waals surface area (Å²) in [5, 5.41) is 11.5. The number of carbonyl (C=O) groups is 1. The minimum atomic E-state index is -0.930. The maximum atomic E-state index is 12.6. The summed E-state index contributed by atoms with van der Waals surface area (Å²) in [5.74, 6) is -0.930. The predicted molar refractivity (Wildman–Crippen MR) is 95.2 cm³/mol. The van der Waals surface area contributed by atoms with Crippen molar-refractivity contribution < 1.29 is 23.9 Å². The Bertz CT molecular complexity index is 679. The number of halogens is 1. The first-order valence-corrected chi connectivity index (χ1v) is 8.65. The fourth-order valence-corrected chi connectivity index (χ4v) is 3.66. The van der Waals surface area contributed by atoms with E-state index < -0.39 is 22.8 Å². The first-order valence-electron chi connectivity index (χ1n) is 8.27. The number of piperidine rings is 1. The Morgan fingerprint density at radius 1 is 1.38 bits per heavy atom. The Kier molecular flexibility index (Phi) is 6.44. The molecule has 26 heavy (non-hydrogen) atoms. The normalized spacial score (nSPS) is 22.1. The maximum absolute atomic E-state index is 12.6. The van der Waals surface area contributed by atoms with E-state index in [-0.39, 0.29) is 24.8 Å². The van der Waals surface area contributed by atoms with Gasteiger partial charge in [-0.05, 0) is 19.9 Å². The maximum Gasteiger partial charge on any atom is 0.410 e. The van der Waals surface area contributed by atoms with E-state index >= 15 is 0 Å². The summed E-state index contributed by atoms with van der Waals surface area (Å²) in [6, 6.07) is 3.28. The summed E-state index contributed by atoms with van der Waals surface area (Å²) in [4.78, 5) is 24.8. The van der Waals surface area contributed by atoms with E-state index in [0.29, 0.717) is 17.0 Å². The molecule has 0 radical (unpaired) electrons. The number of hydrogen-bond acceptors (Lipinski definition) is 6. The van der Waals surface area contributed by atoms with Gasteiger partial charge in [-0.25, -0.2) is 4.79 Å². The van der Waals surface area contributed by atoms with Crippen molar-refractivity contribution >= 4 is 23.4 Å². The summed E-state index contributed by atoms with van der Waals surface area (Å²) in [5.41, 5.74) is 0.353. The van der Waals surface area contributed by atoms with Crippen LogP contribution in [0.3, 0.4) is 0 Å². The molecule has 0 bridgehead atoms. The third kappa shape index (κ3) is 3.92. The first kappa shape index (κ1) is 20.4. The second-order valence-electron chi connectivity index (χ2n) is 6.16. The molecule has 0 N–H and O–H groups in total. The molecule has 0 aliphatic carbocycles. The summed E-state index contributed by atoms with van der Waals surface area (Å²) < 4.78 is 16.3. The second kappa shape index (κ2) is 8.20. The van der Waals surface area contributed by atoms with Crippen molar-refractivity contribution in [3.63, 3.8) is 0 Å². The molecule has 0 spiro atoms. The van der Waals surface area contributed by atoms with Crippen molar-refractivity contribution in [2.45, 2.75) is 44.6 Å². The van der Waals surface area contributed by atoms with Crippen molar-refractivity contribution in [2.24, 2.45) is 0 Å². The van der Waals surface area contributed by atoms with Crippen LogP contribution < -0.4 is 0 Å². The molecule has 0 unspecified atom stereocenters. The topological polar surface area (TPSA) is 91.1 Å². The van der Waals surface area contributed by atoms with Gasteiger partial charge in [0, 0.05) is 55.8 Å². The lowest BCUT2D eigenvalue weighted by Crippen LogP contribution is -2.54. The van der Waals surface area contributed by atoms with E-state index in [4.69, 9.17) is 25.8 Å². The lowest BCUT2D eigenvalue weighted by atomic mass is 9.87. The molecule has 1 amide bonds. The highest BCUT2D eigenvalue weighted by Gasteiger charge is 2.47. The number of hydrogen-bond donors (Lipinski definition) is 0. The third-order valence-electron chi connectivity index (χ3n) is 4.69. The molecule has 1 fully saturated rings. The lowest BCUT2D eigenvalue weighted by Gasteiger charge is -2.48. The molecular weight excluding hydrogens is 364 g/mol. The predicted octanol–water partition coefficient (Wildman–Crippen LogP) is 3.92. The molecule has 2 atom stereocenters. The third-order valence-corrected chi connectivity index (χ3v) is 5.04. The molecule has 0 aromatic heterocycles. The van der Waals surface area contributed by atoms with Crippen molar-refractivity contribution in [3.8, 4) is 0 Å². The second-order valence-corrected chi connectivity index (χ2v) is 6.57. The van der Waals surface area contributed by atoms with Gasteiger partial charge in [0.05, 0.1) is 17.6 Å². The van der Waals surface area contributed by atoms with Crippen LogP contribution in [-0.4, -0.2) is 48.6 Å². The van der Waals surface area contributed by atoms with Crippen LogP contribution in [0, 0.1) is 10.1 Å². The number of nitrogens with zero attached hydrogens (tertiary/aromatic N) is 2. The van der Waals surface area contributed by atoms with Gasteiger partial charge in [-0.1, -0.05) is 11.6 Å². The van der Waals surface area contributed by atoms with Gasteiger partial charge >= 0.3 is 6.09 Å². The molecule has 1 saturated heterocycles. The highest BCUT2D eigenvalue weighted by Crippen LogP contribution is 2.44. The van der Waals surface area contributed by atoms with Gasteiger partial charge in [-0.2, -0.15) is 0 Å². The smallest absolute Gasteiger partial charge is 0.410 e. The van der Waals surface area contributed by atoms with Crippen LogP contribution in [0.4, 0.5) is 10.5 Å². The SMILES string of the molecule is CCOC(=O)N1[C@@H](c2cc([N+](=O)[O-])ccc2Cl)CC(OC)(OC)C[C@@H]1C. The summed E-state index contributed by atoms with van der Waals surface area (Å²) in [7, 11) is 3.06. The Labute approximate surface area is 157 Å². The number of nitro benzene ring substituents is 1. The van der Waals surface area contributed by atoms with Crippen molar-refractivity contribution in [1.82, 2.24) is 4.90 Å². The zero-order chi connectivity index (χ0) is 19.5. The van der Waals surface area contributed by atoms with E-state index in [9.17, 15) is 14.9 Å². The number of amides is 1. The van der Waals surface area contributed by atoms with E-state index in [1.807, 2.05) is 6.92 Å². The molecule has 1 aromatic rings. The van der Waals surface area contributed by atoms with Crippen molar-refractivity contribution in [1.29, 1.82) is 0 Å². The Hall–Kier alpha value is -1.90. The molecule has 1 aliphatic heterocycles. The van der Waals surface area contributed by atoms with Gasteiger partial charge in [-0.15, -0.1) is 0 Å². The molecule has 9 heteroatoms. The van der Waals surface area contributed by atoms with E-state index in [2.05, 4.69) is 0 Å². The van der Waals surface area contributed by atoms with Crippen LogP contribution in [-0.2, 0) is 14.2 Å². The van der Waals surface area contributed by atoms with Crippen LogP contribution >= 0.6 is 11.6 Å². The quantitative estimate of drug-likeness (QED) is 0.432. The highest BCUT2D eigenvalue weighted by molar-refractivity contribution is 6.31. The van der Waals surface area contributed by atoms with Gasteiger partial charge < -0.3 is 14.2 Å². The number of nitro groups is 1. The van der Waals surface area contributed by atoms with Gasteiger partial charge in [0.2, 0.25) is 0 Å². The first-order chi connectivity index (χ1) is 12.3. The van der Waals surface area contributed by atoms with Crippen LogP contribution in [0.5, 0.6) is 0 Å². The minimum Gasteiger partial charge on any atom is -0.450 e. The van der Waals surface area contributed by atoms with E-state index in [1.54, 1.807) is 11.8 Å². The minimum absolute atomic E-state index is 0.105. The average molecular weight is 387 g/mol. The number of likely N-dealkylation sites (tertiary alicyclic amines) is 1. The van der Waals surface area contributed by atoms with Crippen molar-refractivity contribution in [3.05, 3.63) is 38.9 Å². The Morgan fingerprint density at radius 2 is 2.04 bits per heavy atom. The van der Waals surface area contributed by atoms with Gasteiger partial charge in [0.1, 0.15) is 0 Å². The van der Waals surface area contributed by atoms with Crippen LogP contribution in [0.1, 0.15) is 38.3 Å². The number of ether oxygens (including phenoxy) is 3. The molecular formula is C17H23ClN2O6. The number of benzene rings is 1. The summed E-state index contributed by atoms with van der Waals surface area (Å²) in [6.07, 6.45) is 0.194. The molecule has 8 nitrogen and oxygen atoms in total. The average Bonchev–Trinajstić information content (AvgIpc) is 2.61. The fourth-order valence-electron chi connectivity index (χ4n) is 3.41. The number of carbonyl (C=O) groups excluding carboxylic acids is 1. The fraction of sp³-hybridized carbons (Fsp3) is 0.588. The van der Waals surface area contributed by atoms with E-state index in [1.165, 1.54) is 32.4 Å². The largest absolute Gasteiger partial charge is 0.450 e. The van der Waals surface area contributed by atoms with Gasteiger partial charge in [-0.3, -0.25) is 15.0 Å². The van der Waals surface area contributed by atoms with Gasteiger partial charge in [0.15, 0.2) is 5.79 Å². The summed E-state index contributed by atoms with van der Waals surface area (Å²) in [6.45, 7) is 3.79. The van der Waals surface area contributed by atoms with Crippen LogP contribution in [0.15, 0.2) is 18.2 Å². The monoisotopic (exact) mass is 386 g/mol. The standard InChI is InChI=1S/C17H23ClN2O6/c1-5-26-16(21)19-11(2)9-17(24-3,25-4)10-15(19)13-8-12(20(22)23)6-7-14(13)18/h6-8,11,15H,5,9-10H2,1-4H3/t11-,15+/m0/s1. The molecule has 144 valence electrons. The zero-order valence-corrected chi connectivity index (χ0v) is 16.0. The number of rotatable bonds is 5. The molecule has 1 heterocycles. The molecule has 1 aromatic carbocycles. The summed E-state index contributed by atoms with van der Waals surface area (Å²) >= 11 is 6.33. The Balaban J connectivity index is 2.55. The molecule has 0 saturated carbocycles. The van der Waals surface area contributed by atoms with E-state index in [0.717, 1.165) is 0 Å². The molecule has 2 rings (SSSR count). The highest BCUT2D eigenvalue weighted by atomic mass is 35.5.